The third kappa shape index (κ3) is 4.75. The Balaban J connectivity index is 5.21. The van der Waals surface area contributed by atoms with E-state index >= 15 is 0 Å². The van der Waals surface area contributed by atoms with Gasteiger partial charge in [0.2, 0.25) is 0 Å². The maximum Gasteiger partial charge on any atom is 0.422 e. The minimum atomic E-state index is -4.80. The van der Waals surface area contributed by atoms with Crippen molar-refractivity contribution in [3.05, 3.63) is 0 Å². The molecule has 0 heterocycles. The average Bonchev–Trinajstić information content (AvgIpc) is 2.07. The van der Waals surface area contributed by atoms with Crippen LogP contribution < -0.4 is 0 Å². The maximum absolute atomic E-state index is 11.9. The van der Waals surface area contributed by atoms with Crippen LogP contribution in [0.25, 0.3) is 0 Å². The van der Waals surface area contributed by atoms with E-state index in [1.54, 1.807) is 0 Å². The van der Waals surface area contributed by atoms with E-state index in [1.165, 1.54) is 0 Å². The molecule has 0 aromatic rings. The Bertz CT molecular complexity index is 304. The van der Waals surface area contributed by atoms with Crippen LogP contribution in [-0.2, 0) is 9.53 Å². The van der Waals surface area contributed by atoms with Crippen LogP contribution in [0.4, 0.5) is 13.2 Å². The Hall–Kier alpha value is -0.740. The molecule has 0 saturated heterocycles. The van der Waals surface area contributed by atoms with Gasteiger partial charge in [0.05, 0.1) is 5.41 Å². The molecule has 0 fully saturated rings. The third-order valence-electron chi connectivity index (χ3n) is 1.28. The molecule has 0 radical (unpaired) electrons. The van der Waals surface area contributed by atoms with Gasteiger partial charge in [-0.15, -0.1) is 0 Å². The predicted molar refractivity (Wildman–Crippen MR) is 41.1 cm³/mol. The summed E-state index contributed by atoms with van der Waals surface area (Å²) >= 11 is 0. The van der Waals surface area contributed by atoms with Gasteiger partial charge in [0.15, 0.2) is 6.61 Å². The molecule has 5 heteroatoms. The summed E-state index contributed by atoms with van der Waals surface area (Å²) in [5.74, 6) is -1.74. The highest BCUT2D eigenvalue weighted by Crippen LogP contribution is 2.23. The Morgan fingerprint density at radius 1 is 1.62 bits per heavy atom. The number of rotatable bonds is 3. The minimum Gasteiger partial charge on any atom is -0.456 e. The molecule has 0 aliphatic carbocycles. The maximum atomic E-state index is 11.9. The molecule has 78 valence electrons. The molecule has 1 unspecified atom stereocenters. The highest BCUT2D eigenvalue weighted by molar-refractivity contribution is 5.75. The first-order valence-electron chi connectivity index (χ1n) is 5.87. The second-order valence-corrected chi connectivity index (χ2v) is 2.57. The van der Waals surface area contributed by atoms with E-state index in [0.29, 0.717) is 0 Å². The summed E-state index contributed by atoms with van der Waals surface area (Å²) in [5.41, 5.74) is -2.68. The smallest absolute Gasteiger partial charge is 0.422 e. The summed E-state index contributed by atoms with van der Waals surface area (Å²) in [6.45, 7) is -3.56. The van der Waals surface area contributed by atoms with E-state index < -0.39 is 37.4 Å². The third-order valence-corrected chi connectivity index (χ3v) is 1.28. The fourth-order valence-electron chi connectivity index (χ4n) is 0.394. The van der Waals surface area contributed by atoms with Crippen molar-refractivity contribution in [3.63, 3.8) is 0 Å². The summed E-state index contributed by atoms with van der Waals surface area (Å²) in [5, 5.41) is 0. The van der Waals surface area contributed by atoms with Gasteiger partial charge >= 0.3 is 12.1 Å². The molecule has 0 aromatic carbocycles. The molecule has 13 heavy (non-hydrogen) atoms. The van der Waals surface area contributed by atoms with Crippen LogP contribution in [0.15, 0.2) is 0 Å². The summed E-state index contributed by atoms with van der Waals surface area (Å²) in [6.07, 6.45) is -7.37. The Morgan fingerprint density at radius 2 is 2.15 bits per heavy atom. The van der Waals surface area contributed by atoms with Crippen LogP contribution in [0.5, 0.6) is 0 Å². The first kappa shape index (κ1) is 5.88. The molecule has 0 amide bonds. The lowest BCUT2D eigenvalue weighted by Crippen LogP contribution is -2.29. The summed E-state index contributed by atoms with van der Waals surface area (Å²) < 4.78 is 75.5. The molecule has 0 aliphatic heterocycles. The lowest BCUT2D eigenvalue weighted by atomic mass is 9.91. The lowest BCUT2D eigenvalue weighted by molar-refractivity contribution is -0.192. The van der Waals surface area contributed by atoms with Gasteiger partial charge in [-0.1, -0.05) is 6.92 Å². The highest BCUT2D eigenvalue weighted by atomic mass is 19.4. The number of alkyl halides is 3. The molecular formula is C8H13F3O2. The van der Waals surface area contributed by atoms with E-state index in [1.807, 2.05) is 0 Å². The van der Waals surface area contributed by atoms with Crippen LogP contribution in [0, 0.1) is 5.41 Å². The van der Waals surface area contributed by atoms with Crippen LogP contribution in [0.1, 0.15) is 33.9 Å². The van der Waals surface area contributed by atoms with Crippen molar-refractivity contribution in [3.8, 4) is 0 Å². The first-order valence-corrected chi connectivity index (χ1v) is 3.37. The van der Waals surface area contributed by atoms with E-state index in [-0.39, 0.29) is 0 Å². The molecule has 0 N–H and O–H groups in total. The normalized spacial score (nSPS) is 24.2. The second kappa shape index (κ2) is 3.98. The molecule has 0 spiro atoms. The zero-order chi connectivity index (χ0) is 15.0. The van der Waals surface area contributed by atoms with Gasteiger partial charge in [-0.25, -0.2) is 0 Å². The van der Waals surface area contributed by atoms with Crippen molar-refractivity contribution < 1.29 is 29.6 Å². The largest absolute Gasteiger partial charge is 0.456 e. The fraction of sp³-hybridized carbons (Fsp3) is 0.875. The second-order valence-electron chi connectivity index (χ2n) is 2.57. The standard InChI is InChI=1S/C8H13F3O2/c1-4-7(2,3)6(12)13-5-8(9,10)11/h4-5H2,1-3H3/i2D3,4D2. The van der Waals surface area contributed by atoms with Crippen molar-refractivity contribution in [2.75, 3.05) is 6.61 Å². The van der Waals surface area contributed by atoms with E-state index in [2.05, 4.69) is 4.74 Å². The number of carbonyl (C=O) groups is 1. The zero-order valence-electron chi connectivity index (χ0n) is 12.2. The van der Waals surface area contributed by atoms with Crippen molar-refractivity contribution >= 4 is 5.97 Å². The molecule has 1 atom stereocenters. The zero-order valence-corrected chi connectivity index (χ0v) is 7.16. The Labute approximate surface area is 82.1 Å². The Kier molecular flexibility index (Phi) is 1.80. The van der Waals surface area contributed by atoms with Gasteiger partial charge in [0.25, 0.3) is 0 Å². The SMILES string of the molecule is [2H]C([2H])([2H])C(C)(C(=O)OCC(F)(F)F)C([2H])([2H])C. The monoisotopic (exact) mass is 203 g/mol. The van der Waals surface area contributed by atoms with Gasteiger partial charge in [-0.3, -0.25) is 4.79 Å². The van der Waals surface area contributed by atoms with E-state index in [4.69, 9.17) is 6.85 Å². The van der Waals surface area contributed by atoms with Gasteiger partial charge in [-0.2, -0.15) is 13.2 Å². The topological polar surface area (TPSA) is 26.3 Å². The predicted octanol–water partition coefficient (Wildman–Crippen LogP) is 2.53. The van der Waals surface area contributed by atoms with Gasteiger partial charge < -0.3 is 4.74 Å². The highest BCUT2D eigenvalue weighted by Gasteiger charge is 2.33. The molecule has 2 nitrogen and oxygen atoms in total. The lowest BCUT2D eigenvalue weighted by Gasteiger charge is -2.20. The molecule has 0 rings (SSSR count). The van der Waals surface area contributed by atoms with Crippen LogP contribution in [0.2, 0.25) is 0 Å². The number of esters is 1. The van der Waals surface area contributed by atoms with Crippen molar-refractivity contribution in [2.45, 2.75) is 33.2 Å². The van der Waals surface area contributed by atoms with Crippen LogP contribution >= 0.6 is 0 Å². The van der Waals surface area contributed by atoms with E-state index in [9.17, 15) is 18.0 Å². The van der Waals surface area contributed by atoms with Crippen molar-refractivity contribution in [1.29, 1.82) is 0 Å². The molecule has 0 saturated carbocycles. The number of hydrogen-bond donors (Lipinski definition) is 0. The average molecular weight is 203 g/mol. The van der Waals surface area contributed by atoms with Gasteiger partial charge in [0, 0.05) is 6.85 Å². The van der Waals surface area contributed by atoms with Gasteiger partial charge in [-0.05, 0) is 20.1 Å². The van der Waals surface area contributed by atoms with E-state index in [0.717, 1.165) is 13.8 Å². The first-order chi connectivity index (χ1) is 7.63. The van der Waals surface area contributed by atoms with Crippen LogP contribution in [0.3, 0.4) is 0 Å². The fourth-order valence-corrected chi connectivity index (χ4v) is 0.394. The minimum absolute atomic E-state index is 0.721. The Morgan fingerprint density at radius 3 is 2.46 bits per heavy atom. The number of ether oxygens (including phenoxy) is 1. The van der Waals surface area contributed by atoms with Crippen molar-refractivity contribution in [1.82, 2.24) is 0 Å². The molecule has 0 aliphatic rings. The molecule has 0 aromatic heterocycles. The summed E-state index contributed by atoms with van der Waals surface area (Å²) in [7, 11) is 0. The summed E-state index contributed by atoms with van der Waals surface area (Å²) in [4.78, 5) is 11.5. The molecular weight excluding hydrogens is 185 g/mol. The van der Waals surface area contributed by atoms with Crippen molar-refractivity contribution in [2.24, 2.45) is 5.41 Å². The quantitative estimate of drug-likeness (QED) is 0.659. The van der Waals surface area contributed by atoms with Crippen LogP contribution in [-0.4, -0.2) is 18.8 Å². The van der Waals surface area contributed by atoms with Gasteiger partial charge in [0.1, 0.15) is 0 Å². The number of carbonyl (C=O) groups excluding carboxylic acids is 1. The molecule has 0 bridgehead atoms. The number of halogens is 3. The number of hydrogen-bond acceptors (Lipinski definition) is 2. The summed E-state index contributed by atoms with van der Waals surface area (Å²) in [6, 6.07) is 0.